The minimum absolute atomic E-state index is 0.0250. The largest absolute Gasteiger partial charge is 0.477 e. The number of hydrogen-bond acceptors (Lipinski definition) is 3. The molecule has 6 nitrogen and oxygen atoms in total. The molecule has 1 amide bonds. The molecular weight excluding hydrogens is 308 g/mol. The summed E-state index contributed by atoms with van der Waals surface area (Å²) in [4.78, 5) is 26.1. The molecule has 0 radical (unpaired) electrons. The summed E-state index contributed by atoms with van der Waals surface area (Å²) in [5.74, 6) is -1.36. The van der Waals surface area contributed by atoms with E-state index in [4.69, 9.17) is 16.0 Å². The normalized spacial score (nSPS) is 10.8. The van der Waals surface area contributed by atoms with Crippen LogP contribution in [0.5, 0.6) is 0 Å². The number of carbonyl (C=O) groups is 2. The number of hydrogen-bond donors (Lipinski definition) is 3. The van der Waals surface area contributed by atoms with Crippen LogP contribution in [0.25, 0.3) is 10.9 Å². The summed E-state index contributed by atoms with van der Waals surface area (Å²) in [6.07, 6.45) is 1.39. The number of nitrogens with one attached hydrogen (secondary N) is 2. The van der Waals surface area contributed by atoms with E-state index in [9.17, 15) is 14.7 Å². The smallest absolute Gasteiger partial charge is 0.352 e. The van der Waals surface area contributed by atoms with Crippen molar-refractivity contribution in [3.8, 4) is 0 Å². The summed E-state index contributed by atoms with van der Waals surface area (Å²) >= 11 is 5.96. The van der Waals surface area contributed by atoms with Crippen molar-refractivity contribution in [3.05, 3.63) is 58.6 Å². The first kappa shape index (κ1) is 14.2. The Kier molecular flexibility index (Phi) is 3.60. The van der Waals surface area contributed by atoms with E-state index >= 15 is 0 Å². The van der Waals surface area contributed by atoms with Crippen LogP contribution < -0.4 is 5.32 Å². The maximum absolute atomic E-state index is 11.9. The van der Waals surface area contributed by atoms with Crippen LogP contribution in [-0.2, 0) is 6.54 Å². The van der Waals surface area contributed by atoms with E-state index < -0.39 is 11.9 Å². The van der Waals surface area contributed by atoms with Gasteiger partial charge in [0.05, 0.1) is 6.26 Å². The zero-order valence-electron chi connectivity index (χ0n) is 11.2. The molecule has 112 valence electrons. The van der Waals surface area contributed by atoms with Gasteiger partial charge in [-0.2, -0.15) is 0 Å². The van der Waals surface area contributed by atoms with Gasteiger partial charge in [-0.05, 0) is 30.3 Å². The average Bonchev–Trinajstić information content (AvgIpc) is 3.12. The highest BCUT2D eigenvalue weighted by Crippen LogP contribution is 2.25. The Labute approximate surface area is 129 Å². The number of aromatic carboxylic acids is 1. The SMILES string of the molecule is O=C(NCc1c(C(=O)O)[nH]c2ccc(Cl)cc12)c1ccco1. The van der Waals surface area contributed by atoms with Crippen molar-refractivity contribution in [2.24, 2.45) is 0 Å². The second kappa shape index (κ2) is 5.57. The zero-order chi connectivity index (χ0) is 15.7. The van der Waals surface area contributed by atoms with Crippen molar-refractivity contribution < 1.29 is 19.1 Å². The lowest BCUT2D eigenvalue weighted by atomic mass is 10.1. The number of carbonyl (C=O) groups excluding carboxylic acids is 1. The predicted octanol–water partition coefficient (Wildman–Crippen LogP) is 3.04. The lowest BCUT2D eigenvalue weighted by Gasteiger charge is -2.04. The van der Waals surface area contributed by atoms with Crippen molar-refractivity contribution in [1.29, 1.82) is 0 Å². The Balaban J connectivity index is 1.94. The molecule has 0 bridgehead atoms. The number of aromatic nitrogens is 1. The van der Waals surface area contributed by atoms with Crippen molar-refractivity contribution in [3.63, 3.8) is 0 Å². The quantitative estimate of drug-likeness (QED) is 0.689. The zero-order valence-corrected chi connectivity index (χ0v) is 12.0. The van der Waals surface area contributed by atoms with Crippen LogP contribution in [-0.4, -0.2) is 22.0 Å². The van der Waals surface area contributed by atoms with Crippen LogP contribution >= 0.6 is 11.6 Å². The first-order valence-corrected chi connectivity index (χ1v) is 6.79. The van der Waals surface area contributed by atoms with Gasteiger partial charge in [0.2, 0.25) is 0 Å². The summed E-state index contributed by atoms with van der Waals surface area (Å²) < 4.78 is 4.99. The maximum Gasteiger partial charge on any atom is 0.352 e. The number of halogens is 1. The van der Waals surface area contributed by atoms with Gasteiger partial charge in [0, 0.05) is 28.0 Å². The van der Waals surface area contributed by atoms with E-state index in [0.29, 0.717) is 21.5 Å². The number of benzene rings is 1. The average molecular weight is 319 g/mol. The van der Waals surface area contributed by atoms with E-state index in [1.165, 1.54) is 12.3 Å². The van der Waals surface area contributed by atoms with Crippen LogP contribution in [0.2, 0.25) is 5.02 Å². The fourth-order valence-electron chi connectivity index (χ4n) is 2.25. The van der Waals surface area contributed by atoms with Gasteiger partial charge in [-0.1, -0.05) is 11.6 Å². The van der Waals surface area contributed by atoms with E-state index in [2.05, 4.69) is 10.3 Å². The highest BCUT2D eigenvalue weighted by molar-refractivity contribution is 6.31. The molecule has 0 atom stereocenters. The number of rotatable bonds is 4. The number of amides is 1. The van der Waals surface area contributed by atoms with Gasteiger partial charge < -0.3 is 19.8 Å². The van der Waals surface area contributed by atoms with Gasteiger partial charge in [0.25, 0.3) is 5.91 Å². The van der Waals surface area contributed by atoms with Gasteiger partial charge in [0.1, 0.15) is 5.69 Å². The molecule has 0 saturated heterocycles. The monoisotopic (exact) mass is 318 g/mol. The summed E-state index contributed by atoms with van der Waals surface area (Å²) in [5, 5.41) is 13.1. The second-order valence-corrected chi connectivity index (χ2v) is 5.07. The summed E-state index contributed by atoms with van der Waals surface area (Å²) in [6, 6.07) is 8.15. The molecule has 0 unspecified atom stereocenters. The Morgan fingerprint density at radius 2 is 2.14 bits per heavy atom. The molecule has 0 spiro atoms. The van der Waals surface area contributed by atoms with Gasteiger partial charge in [-0.15, -0.1) is 0 Å². The number of furan rings is 1. The fraction of sp³-hybridized carbons (Fsp3) is 0.0667. The molecule has 0 fully saturated rings. The summed E-state index contributed by atoms with van der Waals surface area (Å²) in [5.41, 5.74) is 1.13. The van der Waals surface area contributed by atoms with Crippen LogP contribution in [0.3, 0.4) is 0 Å². The van der Waals surface area contributed by atoms with Crippen molar-refractivity contribution in [2.45, 2.75) is 6.54 Å². The molecule has 0 aliphatic heterocycles. The topological polar surface area (TPSA) is 95.3 Å². The van der Waals surface area contributed by atoms with E-state index in [0.717, 1.165) is 0 Å². The van der Waals surface area contributed by atoms with Gasteiger partial charge in [0.15, 0.2) is 5.76 Å². The molecule has 3 N–H and O–H groups in total. The maximum atomic E-state index is 11.9. The third-order valence-electron chi connectivity index (χ3n) is 3.25. The van der Waals surface area contributed by atoms with E-state index in [-0.39, 0.29) is 18.0 Å². The first-order valence-electron chi connectivity index (χ1n) is 6.41. The van der Waals surface area contributed by atoms with Gasteiger partial charge >= 0.3 is 5.97 Å². The van der Waals surface area contributed by atoms with Crippen LogP contribution in [0, 0.1) is 0 Å². The number of aromatic amines is 1. The minimum atomic E-state index is -1.10. The minimum Gasteiger partial charge on any atom is -0.477 e. The molecule has 2 aromatic heterocycles. The predicted molar refractivity (Wildman–Crippen MR) is 80.1 cm³/mol. The molecule has 7 heteroatoms. The molecule has 0 aliphatic rings. The van der Waals surface area contributed by atoms with Crippen molar-refractivity contribution in [2.75, 3.05) is 0 Å². The van der Waals surface area contributed by atoms with Gasteiger partial charge in [-0.25, -0.2) is 4.79 Å². The third-order valence-corrected chi connectivity index (χ3v) is 3.49. The Morgan fingerprint density at radius 3 is 2.82 bits per heavy atom. The number of H-pyrrole nitrogens is 1. The Hall–Kier alpha value is -2.73. The third kappa shape index (κ3) is 2.56. The number of carboxylic acid groups (broad SMARTS) is 1. The van der Waals surface area contributed by atoms with Crippen molar-refractivity contribution in [1.82, 2.24) is 10.3 Å². The van der Waals surface area contributed by atoms with E-state index in [1.54, 1.807) is 24.3 Å². The van der Waals surface area contributed by atoms with Crippen molar-refractivity contribution >= 4 is 34.4 Å². The molecule has 0 aliphatic carbocycles. The molecule has 3 aromatic rings. The highest BCUT2D eigenvalue weighted by Gasteiger charge is 2.18. The van der Waals surface area contributed by atoms with Gasteiger partial charge in [-0.3, -0.25) is 4.79 Å². The van der Waals surface area contributed by atoms with E-state index in [1.807, 2.05) is 0 Å². The molecule has 1 aromatic carbocycles. The van der Waals surface area contributed by atoms with Crippen LogP contribution in [0.1, 0.15) is 26.6 Å². The fourth-order valence-corrected chi connectivity index (χ4v) is 2.42. The Bertz CT molecular complexity index is 852. The highest BCUT2D eigenvalue weighted by atomic mass is 35.5. The molecule has 22 heavy (non-hydrogen) atoms. The lowest BCUT2D eigenvalue weighted by molar-refractivity contribution is 0.0689. The van der Waals surface area contributed by atoms with Crippen LogP contribution in [0.15, 0.2) is 41.0 Å². The second-order valence-electron chi connectivity index (χ2n) is 4.63. The standard InChI is InChI=1S/C15H11ClN2O4/c16-8-3-4-11-9(6-8)10(13(18-11)15(20)21)7-17-14(19)12-2-1-5-22-12/h1-6,18H,7H2,(H,17,19)(H,20,21). The summed E-state index contributed by atoms with van der Waals surface area (Å²) in [7, 11) is 0. The number of fused-ring (bicyclic) bond motifs is 1. The molecule has 2 heterocycles. The first-order chi connectivity index (χ1) is 10.6. The Morgan fingerprint density at radius 1 is 1.32 bits per heavy atom. The molecular formula is C15H11ClN2O4. The van der Waals surface area contributed by atoms with Crippen LogP contribution in [0.4, 0.5) is 0 Å². The summed E-state index contributed by atoms with van der Waals surface area (Å²) in [6.45, 7) is 0.0432. The lowest BCUT2D eigenvalue weighted by Crippen LogP contribution is -2.23. The molecule has 0 saturated carbocycles. The molecule has 3 rings (SSSR count). The number of carboxylic acids is 1.